The molecule has 0 spiro atoms. The summed E-state index contributed by atoms with van der Waals surface area (Å²) in [5.74, 6) is 0.978. The molecule has 1 aliphatic rings. The second-order valence-corrected chi connectivity index (χ2v) is 6.63. The van der Waals surface area contributed by atoms with Crippen molar-refractivity contribution in [1.29, 1.82) is 0 Å². The highest BCUT2D eigenvalue weighted by atomic mass is 16.5. The highest BCUT2D eigenvalue weighted by Crippen LogP contribution is 2.12. The SMILES string of the molecule is CCNC(=NCc1ccccc1COC)N1CCN(Cc2ccon2)CC1. The Morgan fingerprint density at radius 3 is 2.63 bits per heavy atom. The van der Waals surface area contributed by atoms with Crippen LogP contribution < -0.4 is 5.32 Å². The number of hydrogen-bond acceptors (Lipinski definition) is 5. The number of benzene rings is 1. The van der Waals surface area contributed by atoms with Crippen molar-refractivity contribution >= 4 is 5.96 Å². The van der Waals surface area contributed by atoms with Crippen LogP contribution >= 0.6 is 0 Å². The van der Waals surface area contributed by atoms with Crippen LogP contribution in [0.25, 0.3) is 0 Å². The van der Waals surface area contributed by atoms with Gasteiger partial charge in [0.2, 0.25) is 0 Å². The Hall–Kier alpha value is -2.38. The van der Waals surface area contributed by atoms with E-state index >= 15 is 0 Å². The van der Waals surface area contributed by atoms with Crippen LogP contribution in [-0.4, -0.2) is 60.7 Å². The summed E-state index contributed by atoms with van der Waals surface area (Å²) in [5.41, 5.74) is 3.38. The lowest BCUT2D eigenvalue weighted by Crippen LogP contribution is -2.52. The van der Waals surface area contributed by atoms with Gasteiger partial charge in [0.05, 0.1) is 18.8 Å². The topological polar surface area (TPSA) is 66.1 Å². The maximum absolute atomic E-state index is 5.30. The lowest BCUT2D eigenvalue weighted by atomic mass is 10.1. The van der Waals surface area contributed by atoms with Crippen molar-refractivity contribution in [3.8, 4) is 0 Å². The van der Waals surface area contributed by atoms with Gasteiger partial charge in [-0.2, -0.15) is 0 Å². The van der Waals surface area contributed by atoms with E-state index in [4.69, 9.17) is 14.3 Å². The van der Waals surface area contributed by atoms with E-state index in [1.807, 2.05) is 12.1 Å². The number of rotatable bonds is 7. The minimum Gasteiger partial charge on any atom is -0.380 e. The summed E-state index contributed by atoms with van der Waals surface area (Å²) >= 11 is 0. The van der Waals surface area contributed by atoms with Crippen LogP contribution in [0.5, 0.6) is 0 Å². The lowest BCUT2D eigenvalue weighted by Gasteiger charge is -2.36. The third kappa shape index (κ3) is 5.55. The fraction of sp³-hybridized carbons (Fsp3) is 0.500. The van der Waals surface area contributed by atoms with E-state index in [1.54, 1.807) is 13.4 Å². The quantitative estimate of drug-likeness (QED) is 0.594. The first kappa shape index (κ1) is 19.4. The molecule has 2 heterocycles. The minimum atomic E-state index is 0.614. The van der Waals surface area contributed by atoms with Crippen molar-refractivity contribution < 1.29 is 9.26 Å². The Bertz CT molecular complexity index is 709. The van der Waals surface area contributed by atoms with Gasteiger partial charge in [-0.15, -0.1) is 0 Å². The number of hydrogen-bond donors (Lipinski definition) is 1. The van der Waals surface area contributed by atoms with E-state index in [0.717, 1.165) is 50.9 Å². The smallest absolute Gasteiger partial charge is 0.194 e. The van der Waals surface area contributed by atoms with Gasteiger partial charge in [-0.05, 0) is 18.1 Å². The molecule has 7 heteroatoms. The average Bonchev–Trinajstić information content (AvgIpc) is 3.20. The first-order chi connectivity index (χ1) is 13.3. The molecule has 2 aromatic rings. The van der Waals surface area contributed by atoms with Crippen LogP contribution in [0.1, 0.15) is 23.7 Å². The standard InChI is InChI=1S/C20H29N5O2/c1-3-21-20(22-14-17-6-4-5-7-18(17)16-26-2)25-11-9-24(10-12-25)15-19-8-13-27-23-19/h4-8,13H,3,9-12,14-16H2,1-2H3,(H,21,22). The predicted molar refractivity (Wildman–Crippen MR) is 105 cm³/mol. The largest absolute Gasteiger partial charge is 0.380 e. The second-order valence-electron chi connectivity index (χ2n) is 6.63. The molecule has 1 fully saturated rings. The fourth-order valence-electron chi connectivity index (χ4n) is 3.26. The van der Waals surface area contributed by atoms with E-state index in [2.05, 4.69) is 45.4 Å². The van der Waals surface area contributed by atoms with Crippen molar-refractivity contribution in [3.63, 3.8) is 0 Å². The van der Waals surface area contributed by atoms with Gasteiger partial charge in [0.1, 0.15) is 6.26 Å². The van der Waals surface area contributed by atoms with Gasteiger partial charge < -0.3 is 19.5 Å². The van der Waals surface area contributed by atoms with Crippen LogP contribution in [0.15, 0.2) is 46.1 Å². The van der Waals surface area contributed by atoms with Gasteiger partial charge in [0.15, 0.2) is 5.96 Å². The Kier molecular flexibility index (Phi) is 7.24. The minimum absolute atomic E-state index is 0.614. The zero-order chi connectivity index (χ0) is 18.9. The summed E-state index contributed by atoms with van der Waals surface area (Å²) in [6, 6.07) is 10.2. The molecular formula is C20H29N5O2. The van der Waals surface area contributed by atoms with E-state index < -0.39 is 0 Å². The van der Waals surface area contributed by atoms with Gasteiger partial charge >= 0.3 is 0 Å². The molecule has 0 atom stereocenters. The predicted octanol–water partition coefficient (Wildman–Crippen LogP) is 2.10. The van der Waals surface area contributed by atoms with Crippen molar-refractivity contribution in [2.75, 3.05) is 39.8 Å². The van der Waals surface area contributed by atoms with Gasteiger partial charge in [0.25, 0.3) is 0 Å². The van der Waals surface area contributed by atoms with Crippen molar-refractivity contribution in [2.24, 2.45) is 4.99 Å². The van der Waals surface area contributed by atoms with Gasteiger partial charge in [-0.1, -0.05) is 29.4 Å². The molecule has 7 nitrogen and oxygen atoms in total. The third-order valence-electron chi connectivity index (χ3n) is 4.70. The molecule has 1 aliphatic heterocycles. The van der Waals surface area contributed by atoms with Crippen LogP contribution in [0.4, 0.5) is 0 Å². The first-order valence-electron chi connectivity index (χ1n) is 9.50. The molecule has 0 amide bonds. The van der Waals surface area contributed by atoms with Crippen LogP contribution in [0.2, 0.25) is 0 Å². The molecule has 1 aromatic carbocycles. The van der Waals surface area contributed by atoms with E-state index in [0.29, 0.717) is 13.2 Å². The molecular weight excluding hydrogens is 342 g/mol. The molecule has 0 unspecified atom stereocenters. The molecule has 1 aromatic heterocycles. The third-order valence-corrected chi connectivity index (χ3v) is 4.70. The summed E-state index contributed by atoms with van der Waals surface area (Å²) in [7, 11) is 1.72. The zero-order valence-electron chi connectivity index (χ0n) is 16.2. The number of aliphatic imine (C=N–C) groups is 1. The number of ether oxygens (including phenoxy) is 1. The number of aromatic nitrogens is 1. The Morgan fingerprint density at radius 2 is 1.96 bits per heavy atom. The number of methoxy groups -OCH3 is 1. The van der Waals surface area contributed by atoms with Gasteiger partial charge in [-0.3, -0.25) is 4.90 Å². The summed E-state index contributed by atoms with van der Waals surface area (Å²) in [4.78, 5) is 9.61. The monoisotopic (exact) mass is 371 g/mol. The second kappa shape index (κ2) is 10.1. The maximum atomic E-state index is 5.30. The summed E-state index contributed by atoms with van der Waals surface area (Å²) in [6.45, 7) is 8.93. The summed E-state index contributed by atoms with van der Waals surface area (Å²) < 4.78 is 10.2. The van der Waals surface area contributed by atoms with Crippen molar-refractivity contribution in [2.45, 2.75) is 26.6 Å². The fourth-order valence-corrected chi connectivity index (χ4v) is 3.26. The summed E-state index contributed by atoms with van der Waals surface area (Å²) in [5, 5.41) is 7.44. The molecule has 27 heavy (non-hydrogen) atoms. The number of nitrogens with one attached hydrogen (secondary N) is 1. The highest BCUT2D eigenvalue weighted by Gasteiger charge is 2.20. The molecule has 0 bridgehead atoms. The van der Waals surface area contributed by atoms with Crippen LogP contribution in [0.3, 0.4) is 0 Å². The van der Waals surface area contributed by atoms with Crippen LogP contribution in [-0.2, 0) is 24.4 Å². The Labute approximate surface area is 161 Å². The maximum Gasteiger partial charge on any atom is 0.194 e. The highest BCUT2D eigenvalue weighted by molar-refractivity contribution is 5.80. The molecule has 1 saturated heterocycles. The summed E-state index contributed by atoms with van der Waals surface area (Å²) in [6.07, 6.45) is 1.63. The van der Waals surface area contributed by atoms with Crippen molar-refractivity contribution in [3.05, 3.63) is 53.4 Å². The van der Waals surface area contributed by atoms with E-state index in [1.165, 1.54) is 11.1 Å². The normalized spacial score (nSPS) is 15.9. The lowest BCUT2D eigenvalue weighted by molar-refractivity contribution is 0.169. The zero-order valence-corrected chi connectivity index (χ0v) is 16.2. The van der Waals surface area contributed by atoms with E-state index in [-0.39, 0.29) is 0 Å². The van der Waals surface area contributed by atoms with E-state index in [9.17, 15) is 0 Å². The Balaban J connectivity index is 1.59. The molecule has 0 aliphatic carbocycles. The number of nitrogens with zero attached hydrogens (tertiary/aromatic N) is 4. The molecule has 3 rings (SSSR count). The molecule has 146 valence electrons. The first-order valence-corrected chi connectivity index (χ1v) is 9.50. The van der Waals surface area contributed by atoms with Crippen molar-refractivity contribution in [1.82, 2.24) is 20.3 Å². The number of guanidine groups is 1. The van der Waals surface area contributed by atoms with Gasteiger partial charge in [-0.25, -0.2) is 4.99 Å². The van der Waals surface area contributed by atoms with Crippen LogP contribution in [0, 0.1) is 0 Å². The molecule has 0 radical (unpaired) electrons. The Morgan fingerprint density at radius 1 is 1.19 bits per heavy atom. The average molecular weight is 371 g/mol. The number of piperazine rings is 1. The molecule has 0 saturated carbocycles. The van der Waals surface area contributed by atoms with Gasteiger partial charge in [0, 0.05) is 52.4 Å². The molecule has 1 N–H and O–H groups in total.